The van der Waals surface area contributed by atoms with Crippen molar-refractivity contribution in [2.45, 2.75) is 12.8 Å². The maximum Gasteiger partial charge on any atom is 0.341 e. The smallest absolute Gasteiger partial charge is 0.341 e. The number of carboxylic acids is 1. The van der Waals surface area contributed by atoms with E-state index >= 15 is 0 Å². The summed E-state index contributed by atoms with van der Waals surface area (Å²) in [5, 5.41) is 13.7. The predicted octanol–water partition coefficient (Wildman–Crippen LogP) is 2.39. The summed E-state index contributed by atoms with van der Waals surface area (Å²) >= 11 is 0. The Kier molecular flexibility index (Phi) is 6.33. The van der Waals surface area contributed by atoms with Crippen LogP contribution in [0.4, 0.5) is 0 Å². The van der Waals surface area contributed by atoms with E-state index in [0.717, 1.165) is 22.5 Å². The van der Waals surface area contributed by atoms with Crippen LogP contribution >= 0.6 is 0 Å². The maximum atomic E-state index is 11.6. The van der Waals surface area contributed by atoms with Crippen molar-refractivity contribution in [3.8, 4) is 17.3 Å². The lowest BCUT2D eigenvalue weighted by molar-refractivity contribution is 0.0688. The van der Waals surface area contributed by atoms with Gasteiger partial charge in [-0.3, -0.25) is 9.67 Å². The summed E-state index contributed by atoms with van der Waals surface area (Å²) in [5.41, 5.74) is 3.72. The van der Waals surface area contributed by atoms with Gasteiger partial charge in [0.15, 0.2) is 0 Å². The van der Waals surface area contributed by atoms with Gasteiger partial charge >= 0.3 is 5.97 Å². The molecular weight excluding hydrogens is 360 g/mol. The molecule has 146 valence electrons. The molecule has 0 aliphatic rings. The van der Waals surface area contributed by atoms with Crippen LogP contribution in [0.15, 0.2) is 42.9 Å². The van der Waals surface area contributed by atoms with Crippen molar-refractivity contribution < 1.29 is 19.4 Å². The van der Waals surface area contributed by atoms with Crippen LogP contribution in [0.25, 0.3) is 11.4 Å². The highest BCUT2D eigenvalue weighted by molar-refractivity contribution is 5.90. The van der Waals surface area contributed by atoms with Crippen molar-refractivity contribution in [1.82, 2.24) is 19.7 Å². The number of aromatic carboxylic acids is 1. The Balaban J connectivity index is 1.77. The molecular formula is C20H22N4O4. The summed E-state index contributed by atoms with van der Waals surface area (Å²) in [7, 11) is 3.43. The first kappa shape index (κ1) is 19.5. The van der Waals surface area contributed by atoms with Crippen LogP contribution in [-0.4, -0.2) is 51.1 Å². The summed E-state index contributed by atoms with van der Waals surface area (Å²) in [6.07, 6.45) is 6.46. The number of carboxylic acid groups (broad SMARTS) is 1. The third kappa shape index (κ3) is 4.52. The molecule has 3 aromatic rings. The zero-order chi connectivity index (χ0) is 19.9. The monoisotopic (exact) mass is 382 g/mol. The van der Waals surface area contributed by atoms with Gasteiger partial charge in [0.2, 0.25) is 5.88 Å². The molecule has 28 heavy (non-hydrogen) atoms. The summed E-state index contributed by atoms with van der Waals surface area (Å²) in [6.45, 7) is 0.604. The molecule has 0 spiro atoms. The van der Waals surface area contributed by atoms with Gasteiger partial charge in [0.05, 0.1) is 18.0 Å². The molecule has 0 radical (unpaired) electrons. The minimum atomic E-state index is -1.07. The molecule has 8 heteroatoms. The highest BCUT2D eigenvalue weighted by Crippen LogP contribution is 2.23. The van der Waals surface area contributed by atoms with Gasteiger partial charge < -0.3 is 14.6 Å². The molecule has 0 bridgehead atoms. The zero-order valence-electron chi connectivity index (χ0n) is 15.8. The van der Waals surface area contributed by atoms with E-state index in [9.17, 15) is 9.90 Å². The summed E-state index contributed by atoms with van der Waals surface area (Å²) in [4.78, 5) is 20.2. The van der Waals surface area contributed by atoms with Gasteiger partial charge in [0.1, 0.15) is 12.2 Å². The van der Waals surface area contributed by atoms with Crippen LogP contribution in [0, 0.1) is 0 Å². The van der Waals surface area contributed by atoms with Gasteiger partial charge in [-0.2, -0.15) is 5.10 Å². The van der Waals surface area contributed by atoms with Gasteiger partial charge in [0, 0.05) is 32.7 Å². The first-order valence-corrected chi connectivity index (χ1v) is 8.86. The first-order chi connectivity index (χ1) is 13.6. The molecule has 0 saturated heterocycles. The highest BCUT2D eigenvalue weighted by atomic mass is 16.5. The Bertz CT molecular complexity index is 955. The maximum absolute atomic E-state index is 11.6. The average Bonchev–Trinajstić information content (AvgIpc) is 3.13. The van der Waals surface area contributed by atoms with E-state index in [0.29, 0.717) is 19.4 Å². The fourth-order valence-electron chi connectivity index (χ4n) is 2.88. The molecule has 8 nitrogen and oxygen atoms in total. The van der Waals surface area contributed by atoms with Crippen LogP contribution in [0.2, 0.25) is 0 Å². The number of hydrogen-bond donors (Lipinski definition) is 1. The molecule has 0 aliphatic carbocycles. The van der Waals surface area contributed by atoms with E-state index in [4.69, 9.17) is 9.47 Å². The summed E-state index contributed by atoms with van der Waals surface area (Å²) < 4.78 is 12.1. The van der Waals surface area contributed by atoms with E-state index in [2.05, 4.69) is 15.1 Å². The SMILES string of the molecule is COCCOc1ncc(CCc2cccnc2-c2ccnn2C)cc1C(=O)O. The van der Waals surface area contributed by atoms with Crippen molar-refractivity contribution >= 4 is 5.97 Å². The number of hydrogen-bond acceptors (Lipinski definition) is 6. The molecule has 3 heterocycles. The van der Waals surface area contributed by atoms with Crippen LogP contribution in [0.5, 0.6) is 5.88 Å². The number of ether oxygens (including phenoxy) is 2. The Morgan fingerprint density at radius 2 is 2.04 bits per heavy atom. The number of aryl methyl sites for hydroxylation is 3. The third-order valence-corrected chi connectivity index (χ3v) is 4.30. The highest BCUT2D eigenvalue weighted by Gasteiger charge is 2.15. The molecule has 0 unspecified atom stereocenters. The lowest BCUT2D eigenvalue weighted by atomic mass is 10.0. The number of aromatic nitrogens is 4. The first-order valence-electron chi connectivity index (χ1n) is 8.86. The fourth-order valence-corrected chi connectivity index (χ4v) is 2.88. The van der Waals surface area contributed by atoms with Gasteiger partial charge in [0.25, 0.3) is 0 Å². The lowest BCUT2D eigenvalue weighted by Crippen LogP contribution is -2.10. The van der Waals surface area contributed by atoms with E-state index < -0.39 is 5.97 Å². The molecule has 0 amide bonds. The largest absolute Gasteiger partial charge is 0.477 e. The molecule has 0 atom stereocenters. The number of rotatable bonds is 9. The number of nitrogens with zero attached hydrogens (tertiary/aromatic N) is 4. The number of carbonyl (C=O) groups is 1. The van der Waals surface area contributed by atoms with Gasteiger partial charge in [-0.15, -0.1) is 0 Å². The van der Waals surface area contributed by atoms with Crippen molar-refractivity contribution in [1.29, 1.82) is 0 Å². The van der Waals surface area contributed by atoms with Crippen LogP contribution in [0.3, 0.4) is 0 Å². The standard InChI is InChI=1S/C20H22N4O4/c1-24-17(7-9-23-24)18-15(4-3-8-21-18)6-5-14-12-16(20(25)26)19(22-13-14)28-11-10-27-2/h3-4,7-9,12-13H,5-6,10-11H2,1-2H3,(H,25,26). The van der Waals surface area contributed by atoms with E-state index in [1.165, 1.54) is 0 Å². The Morgan fingerprint density at radius 1 is 1.18 bits per heavy atom. The Morgan fingerprint density at radius 3 is 2.75 bits per heavy atom. The summed E-state index contributed by atoms with van der Waals surface area (Å²) in [5.74, 6) is -0.969. The van der Waals surface area contributed by atoms with Gasteiger partial charge in [-0.05, 0) is 42.2 Å². The molecule has 0 saturated carbocycles. The van der Waals surface area contributed by atoms with Gasteiger partial charge in [-0.25, -0.2) is 9.78 Å². The zero-order valence-corrected chi connectivity index (χ0v) is 15.8. The number of pyridine rings is 2. The van der Waals surface area contributed by atoms with Crippen molar-refractivity contribution in [2.24, 2.45) is 7.05 Å². The molecule has 0 fully saturated rings. The van der Waals surface area contributed by atoms with Crippen molar-refractivity contribution in [3.05, 3.63) is 59.5 Å². The Hall–Kier alpha value is -3.26. The molecule has 3 rings (SSSR count). The normalized spacial score (nSPS) is 10.8. The second-order valence-corrected chi connectivity index (χ2v) is 6.19. The van der Waals surface area contributed by atoms with E-state index in [-0.39, 0.29) is 18.1 Å². The second-order valence-electron chi connectivity index (χ2n) is 6.19. The third-order valence-electron chi connectivity index (χ3n) is 4.30. The topological polar surface area (TPSA) is 99.4 Å². The second kappa shape index (κ2) is 9.09. The van der Waals surface area contributed by atoms with Crippen LogP contribution in [-0.2, 0) is 24.6 Å². The fraction of sp³-hybridized carbons (Fsp3) is 0.300. The molecule has 0 aromatic carbocycles. The van der Waals surface area contributed by atoms with E-state index in [1.807, 2.05) is 25.2 Å². The number of methoxy groups -OCH3 is 1. The van der Waals surface area contributed by atoms with Gasteiger partial charge in [-0.1, -0.05) is 6.07 Å². The Labute approximate surface area is 162 Å². The minimum Gasteiger partial charge on any atom is -0.477 e. The van der Waals surface area contributed by atoms with Crippen molar-refractivity contribution in [2.75, 3.05) is 20.3 Å². The van der Waals surface area contributed by atoms with Crippen LogP contribution < -0.4 is 4.74 Å². The minimum absolute atomic E-state index is 0.0478. The molecule has 1 N–H and O–H groups in total. The van der Waals surface area contributed by atoms with E-state index in [1.54, 1.807) is 36.4 Å². The quantitative estimate of drug-likeness (QED) is 0.567. The molecule has 0 aliphatic heterocycles. The lowest BCUT2D eigenvalue weighted by Gasteiger charge is -2.11. The average molecular weight is 382 g/mol. The molecule has 3 aromatic heterocycles. The van der Waals surface area contributed by atoms with Crippen molar-refractivity contribution in [3.63, 3.8) is 0 Å². The summed E-state index contributed by atoms with van der Waals surface area (Å²) in [6, 6.07) is 7.44. The predicted molar refractivity (Wildman–Crippen MR) is 102 cm³/mol. The van der Waals surface area contributed by atoms with Crippen LogP contribution in [0.1, 0.15) is 21.5 Å².